The molecule has 1 saturated carbocycles. The van der Waals surface area contributed by atoms with Crippen LogP contribution in [0.25, 0.3) is 5.70 Å². The highest BCUT2D eigenvalue weighted by Gasteiger charge is 2.58. The third-order valence-corrected chi connectivity index (χ3v) is 8.52. The summed E-state index contributed by atoms with van der Waals surface area (Å²) in [6.07, 6.45) is -1.86. The average molecular weight is 713 g/mol. The number of rotatable bonds is 10. The normalized spacial score (nSPS) is 17.4. The third kappa shape index (κ3) is 6.48. The number of pyridine rings is 1. The molecule has 0 radical (unpaired) electrons. The molecule has 1 fully saturated rings. The molecule has 13 heteroatoms. The van der Waals surface area contributed by atoms with Gasteiger partial charge < -0.3 is 16.1 Å². The molecule has 224 valence electrons. The van der Waals surface area contributed by atoms with E-state index in [1.165, 1.54) is 11.1 Å². The fourth-order valence-electron chi connectivity index (χ4n) is 4.69. The molecular weight excluding hydrogens is 680 g/mol. The van der Waals surface area contributed by atoms with Crippen molar-refractivity contribution in [2.75, 3.05) is 11.9 Å². The van der Waals surface area contributed by atoms with Crippen molar-refractivity contribution in [1.82, 2.24) is 26.3 Å². The molecule has 0 spiro atoms. The molecule has 4 rings (SSSR count). The molecule has 1 aliphatic heterocycles. The first kappa shape index (κ1) is 31.9. The van der Waals surface area contributed by atoms with Crippen LogP contribution >= 0.6 is 34.2 Å². The van der Waals surface area contributed by atoms with Crippen LogP contribution in [-0.2, 0) is 0 Å². The summed E-state index contributed by atoms with van der Waals surface area (Å²) < 4.78 is 42.6. The smallest absolute Gasteiger partial charge is 0.262 e. The summed E-state index contributed by atoms with van der Waals surface area (Å²) in [5.74, 6) is -0.633. The van der Waals surface area contributed by atoms with Crippen LogP contribution in [0.5, 0.6) is 0 Å². The van der Waals surface area contributed by atoms with Gasteiger partial charge in [-0.15, -0.1) is 5.53 Å². The number of benzene rings is 1. The lowest BCUT2D eigenvalue weighted by Crippen LogP contribution is -2.49. The highest BCUT2D eigenvalue weighted by atomic mass is 127. The molecule has 2 aromatic rings. The Hall–Kier alpha value is -3.02. The van der Waals surface area contributed by atoms with E-state index in [4.69, 9.17) is 11.6 Å². The van der Waals surface area contributed by atoms with E-state index >= 15 is 0 Å². The highest BCUT2D eigenvalue weighted by molar-refractivity contribution is 14.1. The SMILES string of the molecule is C=Nc1c(Cl)cc(N[C@H](C2=C(I)N(C3(C(F)F)CC3)NN2)c2ccc(F)nc2C)cc1/C(NCC(C)(C)C)=C(\C)C#N. The molecule has 4 N–H and O–H groups in total. The lowest BCUT2D eigenvalue weighted by Gasteiger charge is -2.28. The molecule has 1 aromatic heterocycles. The number of hydrogen-bond acceptors (Lipinski definition) is 8. The molecule has 2 aliphatic rings. The van der Waals surface area contributed by atoms with E-state index in [-0.39, 0.29) is 10.4 Å². The van der Waals surface area contributed by atoms with Crippen LogP contribution in [0, 0.1) is 29.6 Å². The van der Waals surface area contributed by atoms with Crippen molar-refractivity contribution < 1.29 is 13.2 Å². The molecule has 1 aliphatic carbocycles. The van der Waals surface area contributed by atoms with Gasteiger partial charge in [0.1, 0.15) is 9.24 Å². The van der Waals surface area contributed by atoms with Crippen LogP contribution in [0.3, 0.4) is 0 Å². The number of allylic oxidation sites excluding steroid dienone is 1. The Balaban J connectivity index is 1.84. The number of alkyl halides is 2. The number of hydrogen-bond donors (Lipinski definition) is 4. The number of hydrazine groups is 2. The first-order chi connectivity index (χ1) is 19.7. The van der Waals surface area contributed by atoms with Crippen LogP contribution in [0.2, 0.25) is 5.02 Å². The summed E-state index contributed by atoms with van der Waals surface area (Å²) in [4.78, 5) is 8.15. The van der Waals surface area contributed by atoms with Gasteiger partial charge >= 0.3 is 0 Å². The zero-order valence-electron chi connectivity index (χ0n) is 24.0. The summed E-state index contributed by atoms with van der Waals surface area (Å²) in [7, 11) is 0. The molecule has 42 heavy (non-hydrogen) atoms. The van der Waals surface area contributed by atoms with Gasteiger partial charge in [-0.05, 0) is 79.6 Å². The van der Waals surface area contributed by atoms with Gasteiger partial charge in [-0.2, -0.15) is 9.65 Å². The monoisotopic (exact) mass is 712 g/mol. The Labute approximate surface area is 262 Å². The average Bonchev–Trinajstić information content (AvgIpc) is 3.63. The van der Waals surface area contributed by atoms with Gasteiger partial charge in [0.05, 0.1) is 39.8 Å². The number of aromatic nitrogens is 1. The molecule has 1 aromatic carbocycles. The van der Waals surface area contributed by atoms with E-state index in [1.54, 1.807) is 32.0 Å². The van der Waals surface area contributed by atoms with E-state index in [2.05, 4.69) is 65.1 Å². The van der Waals surface area contributed by atoms with Gasteiger partial charge in [0.15, 0.2) is 0 Å². The summed E-state index contributed by atoms with van der Waals surface area (Å²) >= 11 is 8.75. The van der Waals surface area contributed by atoms with E-state index in [9.17, 15) is 18.4 Å². The zero-order valence-corrected chi connectivity index (χ0v) is 26.9. The van der Waals surface area contributed by atoms with Crippen LogP contribution in [0.4, 0.5) is 24.5 Å². The van der Waals surface area contributed by atoms with E-state index < -0.39 is 24.0 Å². The highest BCUT2D eigenvalue weighted by Crippen LogP contribution is 2.50. The summed E-state index contributed by atoms with van der Waals surface area (Å²) in [5, 5.41) is 18.4. The van der Waals surface area contributed by atoms with Crippen molar-refractivity contribution in [3.63, 3.8) is 0 Å². The Morgan fingerprint density at radius 3 is 2.57 bits per heavy atom. The van der Waals surface area contributed by atoms with Gasteiger partial charge in [-0.1, -0.05) is 38.4 Å². The minimum absolute atomic E-state index is 0.0893. The molecule has 0 saturated heterocycles. The maximum atomic E-state index is 14.0. The Morgan fingerprint density at radius 1 is 1.33 bits per heavy atom. The molecule has 2 heterocycles. The second-order valence-corrected chi connectivity index (χ2v) is 13.0. The number of nitriles is 1. The van der Waals surface area contributed by atoms with Gasteiger partial charge in [0.2, 0.25) is 5.95 Å². The Bertz CT molecular complexity index is 1490. The van der Waals surface area contributed by atoms with E-state index in [1.807, 2.05) is 22.6 Å². The Morgan fingerprint density at radius 2 is 2.02 bits per heavy atom. The maximum absolute atomic E-state index is 14.0. The molecule has 8 nitrogen and oxygen atoms in total. The quantitative estimate of drug-likeness (QED) is 0.0676. The zero-order chi connectivity index (χ0) is 31.0. The number of aliphatic imine (C=N–C) groups is 1. The predicted molar refractivity (Wildman–Crippen MR) is 169 cm³/mol. The van der Waals surface area contributed by atoms with Crippen molar-refractivity contribution in [1.29, 1.82) is 5.26 Å². The first-order valence-corrected chi connectivity index (χ1v) is 14.7. The number of halogens is 5. The molecule has 1 atom stereocenters. The number of nitrogens with zero attached hydrogens (tertiary/aromatic N) is 4. The summed E-state index contributed by atoms with van der Waals surface area (Å²) in [6, 6.07) is 7.87. The lowest BCUT2D eigenvalue weighted by molar-refractivity contribution is 0.00808. The van der Waals surface area contributed by atoms with E-state index in [0.717, 1.165) is 0 Å². The molecule has 0 amide bonds. The molecular formula is C29H33ClF3IN8. The van der Waals surface area contributed by atoms with Gasteiger partial charge in [0.25, 0.3) is 6.43 Å². The second-order valence-electron chi connectivity index (χ2n) is 11.6. The summed E-state index contributed by atoms with van der Waals surface area (Å²) in [6.45, 7) is 13.8. The number of anilines is 1. The van der Waals surface area contributed by atoms with Crippen molar-refractivity contribution in [2.24, 2.45) is 10.4 Å². The van der Waals surface area contributed by atoms with Crippen molar-refractivity contribution in [3.05, 3.63) is 67.0 Å². The number of nitrogens with one attached hydrogen (secondary N) is 4. The van der Waals surface area contributed by atoms with Gasteiger partial charge in [-0.3, -0.25) is 10.0 Å². The molecule has 0 unspecified atom stereocenters. The molecule has 0 bridgehead atoms. The maximum Gasteiger partial charge on any atom is 0.262 e. The van der Waals surface area contributed by atoms with Crippen LogP contribution < -0.4 is 21.6 Å². The van der Waals surface area contributed by atoms with Crippen molar-refractivity contribution >= 4 is 58.0 Å². The minimum atomic E-state index is -2.55. The predicted octanol–water partition coefficient (Wildman–Crippen LogP) is 7.28. The minimum Gasteiger partial charge on any atom is -0.383 e. The van der Waals surface area contributed by atoms with Crippen molar-refractivity contribution in [2.45, 2.75) is 65.5 Å². The fourth-order valence-corrected chi connectivity index (χ4v) is 6.02. The standard InChI is InChI=1S/C29H33ClF3IN8/c1-15(13-35)22(37-14-28(3,4)5)19-11-17(12-20(30)23(19)36-6)39-24(18-7-8-21(31)38-16(18)2)25-26(34)42(41-40-25)29(9-10-29)27(32)33/h7-8,11-12,24,27,37,39-41H,6,9-10,14H2,1-5H3/b22-15-/t24-/m0/s1. The van der Waals surface area contributed by atoms with Crippen LogP contribution in [0.1, 0.15) is 63.4 Å². The fraction of sp³-hybridized carbons (Fsp3) is 0.414. The van der Waals surface area contributed by atoms with Gasteiger partial charge in [-0.25, -0.2) is 13.8 Å². The first-order valence-electron chi connectivity index (χ1n) is 13.3. The number of aryl methyl sites for hydroxylation is 1. The largest absolute Gasteiger partial charge is 0.383 e. The van der Waals surface area contributed by atoms with Crippen molar-refractivity contribution in [3.8, 4) is 6.07 Å². The Kier molecular flexibility index (Phi) is 9.34. The van der Waals surface area contributed by atoms with Crippen LogP contribution in [-0.4, -0.2) is 35.2 Å². The van der Waals surface area contributed by atoms with Crippen LogP contribution in [0.15, 0.2) is 44.2 Å². The second kappa shape index (κ2) is 12.3. The topological polar surface area (TPSA) is 100 Å². The summed E-state index contributed by atoms with van der Waals surface area (Å²) in [5.41, 5.74) is 8.68. The third-order valence-electron chi connectivity index (χ3n) is 7.17. The van der Waals surface area contributed by atoms with Gasteiger partial charge in [0, 0.05) is 29.1 Å². The van der Waals surface area contributed by atoms with E-state index in [0.29, 0.717) is 68.3 Å². The lowest BCUT2D eigenvalue weighted by atomic mass is 9.95.